The van der Waals surface area contributed by atoms with Crippen LogP contribution in [-0.2, 0) is 9.53 Å². The molecule has 0 aromatic heterocycles. The molecule has 1 atom stereocenters. The van der Waals surface area contributed by atoms with E-state index in [2.05, 4.69) is 0 Å². The largest absolute Gasteiger partial charge is 0.493 e. The Labute approximate surface area is 158 Å². The van der Waals surface area contributed by atoms with Crippen molar-refractivity contribution in [1.29, 1.82) is 0 Å². The Morgan fingerprint density at radius 2 is 1.67 bits per heavy atom. The summed E-state index contributed by atoms with van der Waals surface area (Å²) in [6.07, 6.45) is 1.23. The first-order valence-electron chi connectivity index (χ1n) is 8.90. The third-order valence-electron chi connectivity index (χ3n) is 4.57. The summed E-state index contributed by atoms with van der Waals surface area (Å²) in [5, 5.41) is 0. The second-order valence-corrected chi connectivity index (χ2v) is 6.30. The molecule has 1 heterocycles. The number of benzene rings is 2. The lowest BCUT2D eigenvalue weighted by Gasteiger charge is -2.25. The summed E-state index contributed by atoms with van der Waals surface area (Å²) in [5.41, 5.74) is 1.12. The Kier molecular flexibility index (Phi) is 5.96. The fourth-order valence-electron chi connectivity index (χ4n) is 3.13. The summed E-state index contributed by atoms with van der Waals surface area (Å²) in [7, 11) is 2.81. The Balaban J connectivity index is 1.92. The summed E-state index contributed by atoms with van der Waals surface area (Å²) >= 11 is 0. The van der Waals surface area contributed by atoms with Crippen molar-refractivity contribution in [2.75, 3.05) is 27.3 Å². The van der Waals surface area contributed by atoms with Crippen LogP contribution in [0.15, 0.2) is 48.5 Å². The fourth-order valence-corrected chi connectivity index (χ4v) is 3.13. The lowest BCUT2D eigenvalue weighted by atomic mass is 10.1. The van der Waals surface area contributed by atoms with E-state index in [-0.39, 0.29) is 5.91 Å². The van der Waals surface area contributed by atoms with Crippen LogP contribution in [0.2, 0.25) is 0 Å². The Hall–Kier alpha value is -3.02. The zero-order valence-electron chi connectivity index (χ0n) is 15.5. The van der Waals surface area contributed by atoms with Crippen molar-refractivity contribution in [3.8, 4) is 11.5 Å². The molecule has 27 heavy (non-hydrogen) atoms. The average Bonchev–Trinajstić information content (AvgIpc) is 3.26. The van der Waals surface area contributed by atoms with Crippen LogP contribution >= 0.6 is 0 Å². The second-order valence-electron chi connectivity index (χ2n) is 6.30. The molecule has 0 spiro atoms. The molecule has 2 aromatic rings. The molecule has 6 heteroatoms. The van der Waals surface area contributed by atoms with Crippen molar-refractivity contribution in [2.45, 2.75) is 18.9 Å². The van der Waals surface area contributed by atoms with Crippen molar-refractivity contribution < 1.29 is 23.8 Å². The number of hydrogen-bond donors (Lipinski definition) is 0. The summed E-state index contributed by atoms with van der Waals surface area (Å²) < 4.78 is 16.2. The van der Waals surface area contributed by atoms with Crippen molar-refractivity contribution in [2.24, 2.45) is 0 Å². The van der Waals surface area contributed by atoms with Crippen LogP contribution in [0.3, 0.4) is 0 Å². The quantitative estimate of drug-likeness (QED) is 0.732. The lowest BCUT2D eigenvalue weighted by molar-refractivity contribution is -0.138. The number of carbonyl (C=O) groups excluding carboxylic acids is 2. The summed E-state index contributed by atoms with van der Waals surface area (Å²) in [4.78, 5) is 26.6. The maximum atomic E-state index is 13.1. The van der Waals surface area contributed by atoms with Crippen molar-refractivity contribution in [1.82, 2.24) is 4.90 Å². The van der Waals surface area contributed by atoms with E-state index in [1.165, 1.54) is 14.2 Å². The maximum Gasteiger partial charge on any atom is 0.337 e. The molecule has 1 fully saturated rings. The van der Waals surface area contributed by atoms with Crippen molar-refractivity contribution in [3.05, 3.63) is 59.7 Å². The number of hydrogen-bond acceptors (Lipinski definition) is 5. The van der Waals surface area contributed by atoms with E-state index in [0.717, 1.165) is 31.5 Å². The molecule has 0 radical (unpaired) electrons. The van der Waals surface area contributed by atoms with Crippen LogP contribution in [-0.4, -0.2) is 44.1 Å². The van der Waals surface area contributed by atoms with E-state index in [1.54, 1.807) is 18.2 Å². The van der Waals surface area contributed by atoms with Gasteiger partial charge in [0.05, 0.1) is 19.8 Å². The van der Waals surface area contributed by atoms with Gasteiger partial charge in [-0.15, -0.1) is 0 Å². The van der Waals surface area contributed by atoms with Gasteiger partial charge in [-0.2, -0.15) is 0 Å². The summed E-state index contributed by atoms with van der Waals surface area (Å²) in [6.45, 7) is 1.48. The van der Waals surface area contributed by atoms with Gasteiger partial charge in [0.1, 0.15) is 0 Å². The molecule has 0 aliphatic carbocycles. The zero-order valence-corrected chi connectivity index (χ0v) is 15.5. The van der Waals surface area contributed by atoms with Gasteiger partial charge >= 0.3 is 5.97 Å². The third-order valence-corrected chi connectivity index (χ3v) is 4.57. The van der Waals surface area contributed by atoms with Gasteiger partial charge in [-0.25, -0.2) is 4.79 Å². The van der Waals surface area contributed by atoms with Gasteiger partial charge in [-0.1, -0.05) is 30.3 Å². The van der Waals surface area contributed by atoms with E-state index in [9.17, 15) is 9.59 Å². The minimum atomic E-state index is -0.776. The first kappa shape index (κ1) is 18.8. The first-order chi connectivity index (χ1) is 13.1. The molecule has 0 unspecified atom stereocenters. The average molecular weight is 369 g/mol. The monoisotopic (exact) mass is 369 g/mol. The standard InChI is InChI=1S/C21H23NO5/c1-25-18-14-16(21(24)26-2)10-11-17(18)27-19(15-8-4-3-5-9-15)20(23)22-12-6-7-13-22/h3-5,8-11,14,19H,6-7,12-13H2,1-2H3/t19-/m0/s1. The highest BCUT2D eigenvalue weighted by Crippen LogP contribution is 2.33. The number of methoxy groups -OCH3 is 2. The highest BCUT2D eigenvalue weighted by molar-refractivity contribution is 5.90. The van der Waals surface area contributed by atoms with Crippen LogP contribution in [0.25, 0.3) is 0 Å². The van der Waals surface area contributed by atoms with E-state index < -0.39 is 12.1 Å². The predicted molar refractivity (Wildman–Crippen MR) is 100.0 cm³/mol. The first-order valence-corrected chi connectivity index (χ1v) is 8.90. The molecule has 1 amide bonds. The molecule has 2 aromatic carbocycles. The van der Waals surface area contributed by atoms with E-state index in [1.807, 2.05) is 35.2 Å². The van der Waals surface area contributed by atoms with E-state index in [0.29, 0.717) is 17.1 Å². The number of likely N-dealkylation sites (tertiary alicyclic amines) is 1. The highest BCUT2D eigenvalue weighted by Gasteiger charge is 2.30. The van der Waals surface area contributed by atoms with Gasteiger partial charge in [0.15, 0.2) is 11.5 Å². The van der Waals surface area contributed by atoms with Gasteiger partial charge < -0.3 is 19.1 Å². The molecule has 6 nitrogen and oxygen atoms in total. The molecule has 1 aliphatic rings. The van der Waals surface area contributed by atoms with Crippen molar-refractivity contribution >= 4 is 11.9 Å². The van der Waals surface area contributed by atoms with Gasteiger partial charge in [0.2, 0.25) is 6.10 Å². The minimum absolute atomic E-state index is 0.0715. The summed E-state index contributed by atoms with van der Waals surface area (Å²) in [5.74, 6) is 0.227. The molecule has 142 valence electrons. The number of rotatable bonds is 6. The smallest absolute Gasteiger partial charge is 0.337 e. The van der Waals surface area contributed by atoms with Gasteiger partial charge in [-0.3, -0.25) is 4.79 Å². The van der Waals surface area contributed by atoms with Crippen LogP contribution in [0.4, 0.5) is 0 Å². The minimum Gasteiger partial charge on any atom is -0.493 e. The normalized spacial score (nSPS) is 14.5. The Morgan fingerprint density at radius 1 is 0.963 bits per heavy atom. The van der Waals surface area contributed by atoms with E-state index in [4.69, 9.17) is 14.2 Å². The SMILES string of the molecule is COC(=O)c1ccc(O[C@H](C(=O)N2CCCC2)c2ccccc2)c(OC)c1. The molecule has 3 rings (SSSR count). The predicted octanol–water partition coefficient (Wildman–Crippen LogP) is 3.22. The topological polar surface area (TPSA) is 65.1 Å². The molecule has 0 saturated carbocycles. The van der Waals surface area contributed by atoms with Gasteiger partial charge in [0.25, 0.3) is 5.91 Å². The zero-order chi connectivity index (χ0) is 19.2. The number of ether oxygens (including phenoxy) is 3. The number of nitrogens with zero attached hydrogens (tertiary/aromatic N) is 1. The number of carbonyl (C=O) groups is 2. The number of amides is 1. The Bertz CT molecular complexity index is 799. The highest BCUT2D eigenvalue weighted by atomic mass is 16.5. The van der Waals surface area contributed by atoms with Crippen LogP contribution in [0, 0.1) is 0 Å². The molecule has 1 aliphatic heterocycles. The molecule has 0 N–H and O–H groups in total. The van der Waals surface area contributed by atoms with Crippen molar-refractivity contribution in [3.63, 3.8) is 0 Å². The van der Waals surface area contributed by atoms with Crippen LogP contribution in [0.5, 0.6) is 11.5 Å². The molecular weight excluding hydrogens is 346 g/mol. The molecule has 1 saturated heterocycles. The lowest BCUT2D eigenvalue weighted by Crippen LogP contribution is -2.35. The maximum absolute atomic E-state index is 13.1. The van der Waals surface area contributed by atoms with Gasteiger partial charge in [0, 0.05) is 18.7 Å². The summed E-state index contributed by atoms with van der Waals surface area (Å²) in [6, 6.07) is 14.1. The van der Waals surface area contributed by atoms with E-state index >= 15 is 0 Å². The molecular formula is C21H23NO5. The third kappa shape index (κ3) is 4.22. The fraction of sp³-hybridized carbons (Fsp3) is 0.333. The molecule has 0 bridgehead atoms. The second kappa shape index (κ2) is 8.58. The number of esters is 1. The van der Waals surface area contributed by atoms with Crippen LogP contribution < -0.4 is 9.47 Å². The van der Waals surface area contributed by atoms with Gasteiger partial charge in [-0.05, 0) is 31.0 Å². The Morgan fingerprint density at radius 3 is 2.30 bits per heavy atom. The van der Waals surface area contributed by atoms with Crippen LogP contribution in [0.1, 0.15) is 34.9 Å².